The molecule has 112 valence electrons. The summed E-state index contributed by atoms with van der Waals surface area (Å²) in [6.07, 6.45) is 1.43. The van der Waals surface area contributed by atoms with Gasteiger partial charge in [0.1, 0.15) is 0 Å². The monoisotopic (exact) mass is 298 g/mol. The van der Waals surface area contributed by atoms with Crippen molar-refractivity contribution in [2.45, 2.75) is 19.4 Å². The molecule has 1 N–H and O–H groups in total. The Kier molecular flexibility index (Phi) is 10.2. The molecule has 0 bridgehead atoms. The minimum absolute atomic E-state index is 0.110. The van der Waals surface area contributed by atoms with Gasteiger partial charge in [-0.3, -0.25) is 0 Å². The van der Waals surface area contributed by atoms with Crippen molar-refractivity contribution in [3.63, 3.8) is 0 Å². The first-order valence-electron chi connectivity index (χ1n) is 6.69. The van der Waals surface area contributed by atoms with Crippen LogP contribution in [0.2, 0.25) is 0 Å². The zero-order valence-corrected chi connectivity index (χ0v) is 12.7. The largest absolute Gasteiger partial charge is 0.395 e. The summed E-state index contributed by atoms with van der Waals surface area (Å²) in [5.74, 6) is 5.92. The van der Waals surface area contributed by atoms with Crippen molar-refractivity contribution in [1.82, 2.24) is 0 Å². The maximum absolute atomic E-state index is 8.65. The summed E-state index contributed by atoms with van der Waals surface area (Å²) < 4.78 is 15.9. The van der Waals surface area contributed by atoms with E-state index in [0.29, 0.717) is 32.8 Å². The van der Waals surface area contributed by atoms with E-state index in [1.54, 1.807) is 18.4 Å². The van der Waals surface area contributed by atoms with E-state index in [1.165, 1.54) is 0 Å². The third-order valence-corrected chi connectivity index (χ3v) is 3.34. The molecule has 0 saturated heterocycles. The highest BCUT2D eigenvalue weighted by molar-refractivity contribution is 7.12. The lowest BCUT2D eigenvalue weighted by molar-refractivity contribution is 0.0344. The van der Waals surface area contributed by atoms with Gasteiger partial charge < -0.3 is 19.3 Å². The molecule has 0 spiro atoms. The summed E-state index contributed by atoms with van der Waals surface area (Å²) in [6, 6.07) is 4.00. The van der Waals surface area contributed by atoms with Gasteiger partial charge in [-0.15, -0.1) is 11.3 Å². The van der Waals surface area contributed by atoms with E-state index in [-0.39, 0.29) is 6.61 Å². The van der Waals surface area contributed by atoms with Gasteiger partial charge in [0.05, 0.1) is 31.3 Å². The van der Waals surface area contributed by atoms with Crippen molar-refractivity contribution >= 4 is 11.3 Å². The lowest BCUT2D eigenvalue weighted by Crippen LogP contribution is -2.06. The second kappa shape index (κ2) is 11.9. The summed E-state index contributed by atoms with van der Waals surface area (Å²) in [5.41, 5.74) is 0. The number of hydrogen-bond acceptors (Lipinski definition) is 5. The molecule has 0 aliphatic carbocycles. The van der Waals surface area contributed by atoms with Crippen LogP contribution in [0.25, 0.3) is 0 Å². The van der Waals surface area contributed by atoms with Gasteiger partial charge >= 0.3 is 0 Å². The normalized spacial score (nSPS) is 10.3. The summed E-state index contributed by atoms with van der Waals surface area (Å²) >= 11 is 1.62. The van der Waals surface area contributed by atoms with Crippen molar-refractivity contribution < 1.29 is 19.3 Å². The minimum Gasteiger partial charge on any atom is -0.395 e. The van der Waals surface area contributed by atoms with Crippen LogP contribution in [0, 0.1) is 11.8 Å². The van der Waals surface area contributed by atoms with Crippen molar-refractivity contribution in [1.29, 1.82) is 0 Å². The molecule has 1 rings (SSSR count). The molecule has 5 heteroatoms. The van der Waals surface area contributed by atoms with E-state index in [0.717, 1.165) is 22.8 Å². The number of ether oxygens (including phenoxy) is 3. The Hall–Kier alpha value is -0.900. The molecule has 0 aliphatic heterocycles. The Morgan fingerprint density at radius 1 is 1.15 bits per heavy atom. The topological polar surface area (TPSA) is 47.9 Å². The van der Waals surface area contributed by atoms with Crippen LogP contribution in [0.1, 0.15) is 22.6 Å². The molecule has 1 aromatic rings. The number of thiophene rings is 1. The molecule has 4 nitrogen and oxygen atoms in total. The first kappa shape index (κ1) is 17.2. The van der Waals surface area contributed by atoms with E-state index >= 15 is 0 Å². The van der Waals surface area contributed by atoms with Crippen LogP contribution < -0.4 is 0 Å². The molecule has 1 heterocycles. The molecular formula is C15H22O4S. The van der Waals surface area contributed by atoms with Crippen LogP contribution in [0.5, 0.6) is 0 Å². The second-order valence-electron chi connectivity index (χ2n) is 4.05. The minimum atomic E-state index is 0.110. The summed E-state index contributed by atoms with van der Waals surface area (Å²) in [7, 11) is 1.69. The molecule has 0 atom stereocenters. The lowest BCUT2D eigenvalue weighted by atomic mass is 10.4. The quantitative estimate of drug-likeness (QED) is 0.530. The van der Waals surface area contributed by atoms with Crippen LogP contribution in [0.3, 0.4) is 0 Å². The Morgan fingerprint density at radius 2 is 2.00 bits per heavy atom. The highest BCUT2D eigenvalue weighted by Crippen LogP contribution is 2.16. The van der Waals surface area contributed by atoms with Crippen molar-refractivity contribution in [2.75, 3.05) is 40.1 Å². The Balaban J connectivity index is 2.06. The van der Waals surface area contributed by atoms with E-state index in [2.05, 4.69) is 11.8 Å². The molecule has 1 aromatic heterocycles. The predicted octanol–water partition coefficient (Wildman–Crippen LogP) is 2.05. The third kappa shape index (κ3) is 8.31. The first-order chi connectivity index (χ1) is 9.86. The second-order valence-corrected chi connectivity index (χ2v) is 5.22. The van der Waals surface area contributed by atoms with E-state index in [4.69, 9.17) is 19.3 Å². The van der Waals surface area contributed by atoms with Crippen LogP contribution >= 0.6 is 11.3 Å². The summed E-state index contributed by atoms with van der Waals surface area (Å²) in [6.45, 7) is 3.35. The third-order valence-electron chi connectivity index (χ3n) is 2.36. The SMILES string of the molecule is COCCCOCCOCc1ccc(C#CCCO)s1. The van der Waals surface area contributed by atoms with Gasteiger partial charge in [0, 0.05) is 31.6 Å². The molecule has 0 amide bonds. The van der Waals surface area contributed by atoms with Gasteiger partial charge in [-0.25, -0.2) is 0 Å². The number of rotatable bonds is 10. The van der Waals surface area contributed by atoms with Gasteiger partial charge in [0.15, 0.2) is 0 Å². The first-order valence-corrected chi connectivity index (χ1v) is 7.51. The van der Waals surface area contributed by atoms with E-state index in [9.17, 15) is 0 Å². The van der Waals surface area contributed by atoms with Gasteiger partial charge in [0.25, 0.3) is 0 Å². The molecule has 0 saturated carbocycles. The zero-order chi connectivity index (χ0) is 14.5. The summed E-state index contributed by atoms with van der Waals surface area (Å²) in [4.78, 5) is 2.16. The standard InChI is InChI=1S/C15H22O4S/c1-17-9-4-10-18-11-12-19-13-15-7-6-14(20-15)5-2-3-8-16/h6-7,16H,3-4,8-13H2,1H3. The number of aliphatic hydroxyl groups excluding tert-OH is 1. The highest BCUT2D eigenvalue weighted by atomic mass is 32.1. The van der Waals surface area contributed by atoms with Gasteiger partial charge in [-0.05, 0) is 18.6 Å². The number of hydrogen-bond donors (Lipinski definition) is 1. The summed E-state index contributed by atoms with van der Waals surface area (Å²) in [5, 5.41) is 8.65. The fourth-order valence-electron chi connectivity index (χ4n) is 1.43. The molecule has 0 radical (unpaired) electrons. The molecule has 20 heavy (non-hydrogen) atoms. The zero-order valence-electron chi connectivity index (χ0n) is 11.9. The van der Waals surface area contributed by atoms with Crippen LogP contribution in [-0.2, 0) is 20.8 Å². The van der Waals surface area contributed by atoms with Gasteiger partial charge in [0.2, 0.25) is 0 Å². The molecule has 0 aliphatic rings. The average molecular weight is 298 g/mol. The lowest BCUT2D eigenvalue weighted by Gasteiger charge is -2.04. The van der Waals surface area contributed by atoms with Crippen LogP contribution in [-0.4, -0.2) is 45.3 Å². The van der Waals surface area contributed by atoms with E-state index < -0.39 is 0 Å². The van der Waals surface area contributed by atoms with Crippen molar-refractivity contribution in [3.05, 3.63) is 21.9 Å². The Morgan fingerprint density at radius 3 is 2.80 bits per heavy atom. The van der Waals surface area contributed by atoms with Gasteiger partial charge in [-0.1, -0.05) is 11.8 Å². The Labute approximate surface area is 124 Å². The molecular weight excluding hydrogens is 276 g/mol. The van der Waals surface area contributed by atoms with Crippen LogP contribution in [0.4, 0.5) is 0 Å². The Bertz CT molecular complexity index is 405. The predicted molar refractivity (Wildman–Crippen MR) is 79.9 cm³/mol. The smallest absolute Gasteiger partial charge is 0.0810 e. The van der Waals surface area contributed by atoms with Gasteiger partial charge in [-0.2, -0.15) is 0 Å². The molecule has 0 unspecified atom stereocenters. The van der Waals surface area contributed by atoms with Crippen molar-refractivity contribution in [3.8, 4) is 11.8 Å². The molecule has 0 fully saturated rings. The fourth-order valence-corrected chi connectivity index (χ4v) is 2.25. The van der Waals surface area contributed by atoms with Crippen LogP contribution in [0.15, 0.2) is 12.1 Å². The molecule has 0 aromatic carbocycles. The average Bonchev–Trinajstić information content (AvgIpc) is 2.90. The maximum atomic E-state index is 8.65. The fraction of sp³-hybridized carbons (Fsp3) is 0.600. The number of methoxy groups -OCH3 is 1. The van der Waals surface area contributed by atoms with E-state index in [1.807, 2.05) is 12.1 Å². The van der Waals surface area contributed by atoms with Crippen molar-refractivity contribution in [2.24, 2.45) is 0 Å². The number of aliphatic hydroxyl groups is 1. The maximum Gasteiger partial charge on any atom is 0.0810 e. The highest BCUT2D eigenvalue weighted by Gasteiger charge is 1.98.